The van der Waals surface area contributed by atoms with Crippen molar-refractivity contribution in [2.24, 2.45) is 5.73 Å². The number of phenolic OH excluding ortho intramolecular Hbond substituents is 1. The molecule has 2 aromatic carbocycles. The minimum Gasteiger partial charge on any atom is -0.508 e. The Hall–Kier alpha value is -2.33. The molecule has 0 unspecified atom stereocenters. The quantitative estimate of drug-likeness (QED) is 0.774. The Morgan fingerprint density at radius 3 is 2.40 bits per heavy atom. The number of aromatic hydroxyl groups is 1. The molecule has 0 heterocycles. The Balaban J connectivity index is 1.85. The first-order valence-electron chi connectivity index (χ1n) is 6.50. The number of hydrogen-bond acceptors (Lipinski definition) is 3. The lowest BCUT2D eigenvalue weighted by molar-refractivity contribution is -0.120. The number of phenols is 1. The Morgan fingerprint density at radius 1 is 1.05 bits per heavy atom. The average Bonchev–Trinajstić information content (AvgIpc) is 2.46. The second kappa shape index (κ2) is 6.73. The number of carbonyl (C=O) groups excluding carboxylic acids is 1. The van der Waals surface area contributed by atoms with Gasteiger partial charge in [0.05, 0.1) is 6.42 Å². The van der Waals surface area contributed by atoms with Gasteiger partial charge in [0.1, 0.15) is 5.75 Å². The number of carbonyl (C=O) groups is 1. The molecule has 0 atom stereocenters. The van der Waals surface area contributed by atoms with Gasteiger partial charge in [-0.3, -0.25) is 4.79 Å². The second-order valence-electron chi connectivity index (χ2n) is 4.64. The van der Waals surface area contributed by atoms with Crippen LogP contribution in [0.3, 0.4) is 0 Å². The molecule has 0 spiro atoms. The van der Waals surface area contributed by atoms with Gasteiger partial charge in [0.25, 0.3) is 0 Å². The van der Waals surface area contributed by atoms with E-state index in [1.54, 1.807) is 18.2 Å². The van der Waals surface area contributed by atoms with Crippen molar-refractivity contribution in [3.63, 3.8) is 0 Å². The van der Waals surface area contributed by atoms with Gasteiger partial charge in [-0.05, 0) is 28.8 Å². The number of nitrogens with two attached hydrogens (primary N) is 1. The molecular weight excluding hydrogens is 252 g/mol. The highest BCUT2D eigenvalue weighted by Gasteiger charge is 2.04. The third-order valence-electron chi connectivity index (χ3n) is 3.02. The zero-order chi connectivity index (χ0) is 14.4. The van der Waals surface area contributed by atoms with Crippen LogP contribution < -0.4 is 11.1 Å². The fourth-order valence-corrected chi connectivity index (χ4v) is 1.91. The van der Waals surface area contributed by atoms with Gasteiger partial charge < -0.3 is 16.2 Å². The molecule has 1 amide bonds. The van der Waals surface area contributed by atoms with Crippen LogP contribution in [0.15, 0.2) is 48.5 Å². The lowest BCUT2D eigenvalue weighted by Crippen LogP contribution is -2.24. The molecular formula is C16H18N2O2. The van der Waals surface area contributed by atoms with Crippen LogP contribution in [0.5, 0.6) is 5.75 Å². The Bertz CT molecular complexity index is 579. The van der Waals surface area contributed by atoms with Gasteiger partial charge in [-0.15, -0.1) is 0 Å². The first-order chi connectivity index (χ1) is 9.67. The second-order valence-corrected chi connectivity index (χ2v) is 4.64. The van der Waals surface area contributed by atoms with Crippen LogP contribution in [-0.4, -0.2) is 11.0 Å². The van der Waals surface area contributed by atoms with E-state index in [-0.39, 0.29) is 18.1 Å². The molecule has 0 aliphatic heterocycles. The van der Waals surface area contributed by atoms with Crippen molar-refractivity contribution in [1.82, 2.24) is 5.32 Å². The number of amides is 1. The van der Waals surface area contributed by atoms with Crippen molar-refractivity contribution < 1.29 is 9.90 Å². The molecule has 0 fully saturated rings. The normalized spacial score (nSPS) is 10.2. The van der Waals surface area contributed by atoms with Crippen molar-refractivity contribution >= 4 is 5.91 Å². The lowest BCUT2D eigenvalue weighted by atomic mass is 10.1. The topological polar surface area (TPSA) is 75.3 Å². The summed E-state index contributed by atoms with van der Waals surface area (Å²) in [6.07, 6.45) is 0.259. The van der Waals surface area contributed by atoms with Crippen molar-refractivity contribution in [3.05, 3.63) is 65.2 Å². The minimum absolute atomic E-state index is 0.0708. The molecule has 2 aromatic rings. The third kappa shape index (κ3) is 4.10. The van der Waals surface area contributed by atoms with Crippen LogP contribution in [0.1, 0.15) is 16.7 Å². The van der Waals surface area contributed by atoms with Gasteiger partial charge in [-0.25, -0.2) is 0 Å². The van der Waals surface area contributed by atoms with Crippen LogP contribution in [-0.2, 0) is 24.3 Å². The number of hydrogen-bond donors (Lipinski definition) is 3. The first kappa shape index (κ1) is 14.1. The molecule has 0 aliphatic carbocycles. The summed E-state index contributed by atoms with van der Waals surface area (Å²) in [6, 6.07) is 14.5. The van der Waals surface area contributed by atoms with Crippen molar-refractivity contribution in [2.75, 3.05) is 0 Å². The summed E-state index contributed by atoms with van der Waals surface area (Å²) in [5.74, 6) is 0.103. The molecule has 0 aliphatic rings. The summed E-state index contributed by atoms with van der Waals surface area (Å²) < 4.78 is 0. The molecule has 4 heteroatoms. The summed E-state index contributed by atoms with van der Waals surface area (Å²) in [7, 11) is 0. The summed E-state index contributed by atoms with van der Waals surface area (Å²) >= 11 is 0. The Labute approximate surface area is 118 Å². The van der Waals surface area contributed by atoms with E-state index in [0.717, 1.165) is 16.7 Å². The van der Waals surface area contributed by atoms with E-state index in [2.05, 4.69) is 5.32 Å². The molecule has 4 nitrogen and oxygen atoms in total. The number of rotatable bonds is 5. The van der Waals surface area contributed by atoms with Crippen LogP contribution in [0.4, 0.5) is 0 Å². The van der Waals surface area contributed by atoms with E-state index in [0.29, 0.717) is 13.1 Å². The highest BCUT2D eigenvalue weighted by molar-refractivity contribution is 5.78. The van der Waals surface area contributed by atoms with Gasteiger partial charge in [-0.2, -0.15) is 0 Å². The van der Waals surface area contributed by atoms with Crippen LogP contribution in [0.25, 0.3) is 0 Å². The molecule has 104 valence electrons. The maximum atomic E-state index is 11.8. The van der Waals surface area contributed by atoms with Crippen molar-refractivity contribution in [3.8, 4) is 5.75 Å². The lowest BCUT2D eigenvalue weighted by Gasteiger charge is -2.06. The fourth-order valence-electron chi connectivity index (χ4n) is 1.91. The van der Waals surface area contributed by atoms with E-state index in [9.17, 15) is 9.90 Å². The maximum Gasteiger partial charge on any atom is 0.224 e. The first-order valence-corrected chi connectivity index (χ1v) is 6.50. The summed E-state index contributed by atoms with van der Waals surface area (Å²) in [5, 5.41) is 12.2. The van der Waals surface area contributed by atoms with Crippen molar-refractivity contribution in [1.29, 1.82) is 0 Å². The molecule has 0 aromatic heterocycles. The fraction of sp³-hybridized carbons (Fsp3) is 0.188. The Morgan fingerprint density at radius 2 is 1.75 bits per heavy atom. The highest BCUT2D eigenvalue weighted by atomic mass is 16.3. The highest BCUT2D eigenvalue weighted by Crippen LogP contribution is 2.11. The van der Waals surface area contributed by atoms with Crippen LogP contribution in [0.2, 0.25) is 0 Å². The van der Waals surface area contributed by atoms with E-state index < -0.39 is 0 Å². The largest absolute Gasteiger partial charge is 0.508 e. The molecule has 0 saturated heterocycles. The Kier molecular flexibility index (Phi) is 4.74. The monoisotopic (exact) mass is 270 g/mol. The van der Waals surface area contributed by atoms with Gasteiger partial charge in [0.15, 0.2) is 0 Å². The predicted octanol–water partition coefficient (Wildman–Crippen LogP) is 1.71. The van der Waals surface area contributed by atoms with Crippen LogP contribution >= 0.6 is 0 Å². The maximum absolute atomic E-state index is 11.8. The van der Waals surface area contributed by atoms with Gasteiger partial charge in [0.2, 0.25) is 5.91 Å². The SMILES string of the molecule is NCc1ccc(CNC(=O)Cc2cccc(O)c2)cc1. The van der Waals surface area contributed by atoms with Crippen molar-refractivity contribution in [2.45, 2.75) is 19.5 Å². The minimum atomic E-state index is -0.0708. The molecule has 4 N–H and O–H groups in total. The van der Waals surface area contributed by atoms with E-state index >= 15 is 0 Å². The predicted molar refractivity (Wildman–Crippen MR) is 78.0 cm³/mol. The third-order valence-corrected chi connectivity index (χ3v) is 3.02. The van der Waals surface area contributed by atoms with Gasteiger partial charge in [0, 0.05) is 13.1 Å². The summed E-state index contributed by atoms with van der Waals surface area (Å²) in [5.41, 5.74) is 8.43. The van der Waals surface area contributed by atoms with Gasteiger partial charge >= 0.3 is 0 Å². The zero-order valence-electron chi connectivity index (χ0n) is 11.2. The summed E-state index contributed by atoms with van der Waals surface area (Å²) in [6.45, 7) is 1.01. The van der Waals surface area contributed by atoms with Crippen LogP contribution in [0, 0.1) is 0 Å². The number of nitrogens with one attached hydrogen (secondary N) is 1. The zero-order valence-corrected chi connectivity index (χ0v) is 11.2. The van der Waals surface area contributed by atoms with E-state index in [1.807, 2.05) is 30.3 Å². The smallest absolute Gasteiger partial charge is 0.224 e. The van der Waals surface area contributed by atoms with E-state index in [1.165, 1.54) is 0 Å². The number of benzene rings is 2. The molecule has 0 radical (unpaired) electrons. The molecule has 0 bridgehead atoms. The molecule has 0 saturated carbocycles. The molecule has 2 rings (SSSR count). The average molecular weight is 270 g/mol. The summed E-state index contributed by atoms with van der Waals surface area (Å²) in [4.78, 5) is 11.8. The standard InChI is InChI=1S/C16H18N2O2/c17-10-12-4-6-13(7-5-12)11-18-16(20)9-14-2-1-3-15(19)8-14/h1-8,19H,9-11,17H2,(H,18,20). The molecule has 20 heavy (non-hydrogen) atoms. The van der Waals surface area contributed by atoms with E-state index in [4.69, 9.17) is 5.73 Å². The van der Waals surface area contributed by atoms with Gasteiger partial charge in [-0.1, -0.05) is 36.4 Å².